The minimum Gasteiger partial charge on any atom is -0.394 e. The van der Waals surface area contributed by atoms with Crippen molar-refractivity contribution >= 4 is 26.0 Å². The van der Waals surface area contributed by atoms with Crippen LogP contribution >= 0.6 is 15.9 Å². The van der Waals surface area contributed by atoms with Crippen LogP contribution in [0.15, 0.2) is 0 Å². The SMILES string of the molecule is CC(C)(CO)NS(=O)(=O)CBr. The summed E-state index contributed by atoms with van der Waals surface area (Å²) >= 11 is 2.82. The van der Waals surface area contributed by atoms with Crippen molar-refractivity contribution in [1.29, 1.82) is 0 Å². The van der Waals surface area contributed by atoms with Gasteiger partial charge in [-0.15, -0.1) is 0 Å². The van der Waals surface area contributed by atoms with Crippen LogP contribution < -0.4 is 4.72 Å². The van der Waals surface area contributed by atoms with E-state index in [2.05, 4.69) is 20.7 Å². The van der Waals surface area contributed by atoms with Gasteiger partial charge < -0.3 is 5.11 Å². The second-order valence-electron chi connectivity index (χ2n) is 2.87. The summed E-state index contributed by atoms with van der Waals surface area (Å²) in [5, 5.41) is 8.71. The van der Waals surface area contributed by atoms with Gasteiger partial charge in [-0.25, -0.2) is 13.1 Å². The Morgan fingerprint density at radius 3 is 2.27 bits per heavy atom. The van der Waals surface area contributed by atoms with Gasteiger partial charge >= 0.3 is 0 Å². The van der Waals surface area contributed by atoms with E-state index in [1.165, 1.54) is 0 Å². The Labute approximate surface area is 75.2 Å². The zero-order chi connectivity index (χ0) is 9.12. The molecule has 0 bridgehead atoms. The lowest BCUT2D eigenvalue weighted by atomic mass is 10.1. The largest absolute Gasteiger partial charge is 0.394 e. The Kier molecular flexibility index (Phi) is 3.96. The van der Waals surface area contributed by atoms with Crippen LogP contribution in [0.25, 0.3) is 0 Å². The summed E-state index contributed by atoms with van der Waals surface area (Å²) in [7, 11) is -3.28. The normalized spacial score (nSPS) is 13.5. The van der Waals surface area contributed by atoms with Crippen molar-refractivity contribution < 1.29 is 13.5 Å². The summed E-state index contributed by atoms with van der Waals surface area (Å²) < 4.78 is 24.0. The van der Waals surface area contributed by atoms with Gasteiger partial charge in [0.05, 0.1) is 12.1 Å². The highest BCUT2D eigenvalue weighted by Gasteiger charge is 2.22. The third-order valence-corrected chi connectivity index (χ3v) is 3.93. The molecule has 0 radical (unpaired) electrons. The fraction of sp³-hybridized carbons (Fsp3) is 1.00. The third-order valence-electron chi connectivity index (χ3n) is 0.971. The van der Waals surface area contributed by atoms with Crippen molar-refractivity contribution in [2.75, 3.05) is 11.3 Å². The molecular formula is C5H12BrNO3S. The van der Waals surface area contributed by atoms with E-state index >= 15 is 0 Å². The van der Waals surface area contributed by atoms with E-state index < -0.39 is 15.6 Å². The van der Waals surface area contributed by atoms with Crippen LogP contribution in [-0.2, 0) is 10.0 Å². The number of rotatable bonds is 4. The highest BCUT2D eigenvalue weighted by atomic mass is 79.9. The molecule has 0 atom stereocenters. The molecule has 0 aromatic carbocycles. The molecule has 0 aliphatic heterocycles. The number of aliphatic hydroxyl groups is 1. The molecule has 0 saturated heterocycles. The molecule has 0 amide bonds. The molecule has 68 valence electrons. The van der Waals surface area contributed by atoms with Gasteiger partial charge in [0.2, 0.25) is 10.0 Å². The lowest BCUT2D eigenvalue weighted by Crippen LogP contribution is -2.46. The van der Waals surface area contributed by atoms with E-state index in [1.54, 1.807) is 13.8 Å². The molecule has 0 aromatic rings. The van der Waals surface area contributed by atoms with E-state index in [-0.39, 0.29) is 11.3 Å². The first kappa shape index (κ1) is 11.4. The van der Waals surface area contributed by atoms with Gasteiger partial charge in [0.1, 0.15) is 4.66 Å². The van der Waals surface area contributed by atoms with Gasteiger partial charge in [-0.3, -0.25) is 0 Å². The van der Waals surface area contributed by atoms with Crippen LogP contribution in [0.2, 0.25) is 0 Å². The zero-order valence-corrected chi connectivity index (χ0v) is 8.87. The van der Waals surface area contributed by atoms with E-state index in [0.717, 1.165) is 0 Å². The lowest BCUT2D eigenvalue weighted by Gasteiger charge is -2.22. The molecule has 0 fully saturated rings. The molecule has 0 aromatic heterocycles. The quantitative estimate of drug-likeness (QED) is 0.688. The van der Waals surface area contributed by atoms with Gasteiger partial charge in [0, 0.05) is 0 Å². The van der Waals surface area contributed by atoms with Crippen LogP contribution in [0.5, 0.6) is 0 Å². The van der Waals surface area contributed by atoms with E-state index in [0.29, 0.717) is 0 Å². The summed E-state index contributed by atoms with van der Waals surface area (Å²) in [5.74, 6) is 0. The minimum atomic E-state index is -3.28. The van der Waals surface area contributed by atoms with Gasteiger partial charge in [0.25, 0.3) is 0 Å². The zero-order valence-electron chi connectivity index (χ0n) is 6.46. The standard InChI is InChI=1S/C5H12BrNO3S/c1-5(2,3-8)7-11(9,10)4-6/h7-8H,3-4H2,1-2H3. The Bertz CT molecular complexity index is 212. The molecule has 4 nitrogen and oxygen atoms in total. The fourth-order valence-corrected chi connectivity index (χ4v) is 1.78. The van der Waals surface area contributed by atoms with Gasteiger partial charge in [-0.1, -0.05) is 15.9 Å². The molecule has 0 aliphatic rings. The number of halogens is 1. The average Bonchev–Trinajstić information content (AvgIpc) is 1.86. The van der Waals surface area contributed by atoms with Crippen molar-refractivity contribution in [1.82, 2.24) is 4.72 Å². The molecular weight excluding hydrogens is 234 g/mol. The smallest absolute Gasteiger partial charge is 0.222 e. The van der Waals surface area contributed by atoms with Gasteiger partial charge in [0.15, 0.2) is 0 Å². The first-order valence-electron chi connectivity index (χ1n) is 3.01. The first-order valence-corrected chi connectivity index (χ1v) is 5.79. The summed E-state index contributed by atoms with van der Waals surface area (Å²) in [6, 6.07) is 0. The Hall–Kier alpha value is 0.350. The predicted octanol–water partition coefficient (Wildman–Crippen LogP) is 0.0291. The number of aliphatic hydroxyl groups excluding tert-OH is 1. The fourth-order valence-electron chi connectivity index (χ4n) is 0.481. The number of nitrogens with one attached hydrogen (secondary N) is 1. The van der Waals surface area contributed by atoms with Crippen LogP contribution in [0.1, 0.15) is 13.8 Å². The van der Waals surface area contributed by atoms with Crippen molar-refractivity contribution in [3.05, 3.63) is 0 Å². The number of sulfonamides is 1. The molecule has 11 heavy (non-hydrogen) atoms. The molecule has 0 saturated carbocycles. The topological polar surface area (TPSA) is 66.4 Å². The maximum Gasteiger partial charge on any atom is 0.222 e. The van der Waals surface area contributed by atoms with Crippen LogP contribution in [0.4, 0.5) is 0 Å². The van der Waals surface area contributed by atoms with E-state index in [9.17, 15) is 8.42 Å². The molecule has 0 rings (SSSR count). The maximum atomic E-state index is 10.9. The number of hydrogen-bond donors (Lipinski definition) is 2. The Morgan fingerprint density at radius 1 is 1.55 bits per heavy atom. The van der Waals surface area contributed by atoms with Crippen molar-refractivity contribution in [2.24, 2.45) is 0 Å². The Morgan fingerprint density at radius 2 is 2.00 bits per heavy atom. The second-order valence-corrected chi connectivity index (χ2v) is 5.89. The van der Waals surface area contributed by atoms with Gasteiger partial charge in [-0.05, 0) is 13.8 Å². The van der Waals surface area contributed by atoms with Crippen molar-refractivity contribution in [2.45, 2.75) is 19.4 Å². The first-order chi connectivity index (χ1) is 4.83. The summed E-state index contributed by atoms with van der Waals surface area (Å²) in [5.41, 5.74) is -0.785. The molecule has 0 unspecified atom stereocenters. The summed E-state index contributed by atoms with van der Waals surface area (Å²) in [6.07, 6.45) is 0. The summed E-state index contributed by atoms with van der Waals surface area (Å²) in [4.78, 5) is 0. The third kappa shape index (κ3) is 4.73. The highest BCUT2D eigenvalue weighted by Crippen LogP contribution is 2.04. The second kappa shape index (κ2) is 3.84. The molecule has 6 heteroatoms. The predicted molar refractivity (Wildman–Crippen MR) is 47.0 cm³/mol. The average molecular weight is 246 g/mol. The molecule has 2 N–H and O–H groups in total. The Balaban J connectivity index is 4.26. The maximum absolute atomic E-state index is 10.9. The van der Waals surface area contributed by atoms with Crippen molar-refractivity contribution in [3.63, 3.8) is 0 Å². The monoisotopic (exact) mass is 245 g/mol. The van der Waals surface area contributed by atoms with Crippen LogP contribution in [-0.4, -0.2) is 30.3 Å². The molecule has 0 heterocycles. The highest BCUT2D eigenvalue weighted by molar-refractivity contribution is 9.10. The van der Waals surface area contributed by atoms with Crippen LogP contribution in [0, 0.1) is 0 Å². The van der Waals surface area contributed by atoms with E-state index in [1.807, 2.05) is 0 Å². The number of hydrogen-bond acceptors (Lipinski definition) is 3. The van der Waals surface area contributed by atoms with E-state index in [4.69, 9.17) is 5.11 Å². The molecule has 0 aliphatic carbocycles. The van der Waals surface area contributed by atoms with Crippen LogP contribution in [0.3, 0.4) is 0 Å². The molecule has 0 spiro atoms. The minimum absolute atomic E-state index is 0.149. The summed E-state index contributed by atoms with van der Waals surface area (Å²) in [6.45, 7) is 2.99. The van der Waals surface area contributed by atoms with Crippen molar-refractivity contribution in [3.8, 4) is 0 Å². The number of alkyl halides is 1. The lowest BCUT2D eigenvalue weighted by molar-refractivity contribution is 0.208. The van der Waals surface area contributed by atoms with Gasteiger partial charge in [-0.2, -0.15) is 0 Å².